The second kappa shape index (κ2) is 15.7. The first-order valence-electron chi connectivity index (χ1n) is 9.55. The van der Waals surface area contributed by atoms with Crippen molar-refractivity contribution in [3.05, 3.63) is 0 Å². The van der Waals surface area contributed by atoms with Crippen LogP contribution in [0.4, 0.5) is 0 Å². The summed E-state index contributed by atoms with van der Waals surface area (Å²) in [6.07, 6.45) is 0.695. The molecule has 0 aromatic rings. The number of hydrogen-bond acceptors (Lipinski definition) is 11. The monoisotopic (exact) mass is 419 g/mol. The van der Waals surface area contributed by atoms with Gasteiger partial charge in [0.05, 0.1) is 19.3 Å². The van der Waals surface area contributed by atoms with E-state index in [0.717, 1.165) is 0 Å². The third kappa shape index (κ3) is 12.8. The molecule has 11 nitrogen and oxygen atoms in total. The topological polar surface area (TPSA) is 183 Å². The van der Waals surface area contributed by atoms with Crippen LogP contribution in [0.1, 0.15) is 39.0 Å². The lowest BCUT2D eigenvalue weighted by Gasteiger charge is -2.31. The highest BCUT2D eigenvalue weighted by Crippen LogP contribution is 2.22. The molecule has 0 aromatic carbocycles. The zero-order chi connectivity index (χ0) is 22.1. The third-order valence-electron chi connectivity index (χ3n) is 3.66. The number of carbonyl (C=O) groups excluding carboxylic acids is 4. The van der Waals surface area contributed by atoms with Crippen LogP contribution >= 0.6 is 0 Å². The van der Waals surface area contributed by atoms with Crippen molar-refractivity contribution in [1.29, 1.82) is 0 Å². The lowest BCUT2D eigenvalue weighted by molar-refractivity contribution is -0.170. The smallest absolute Gasteiger partial charge is 0.307 e. The Morgan fingerprint density at radius 2 is 0.862 bits per heavy atom. The summed E-state index contributed by atoms with van der Waals surface area (Å²) >= 11 is 0. The lowest BCUT2D eigenvalue weighted by atomic mass is 9.92. The van der Waals surface area contributed by atoms with Gasteiger partial charge < -0.3 is 36.1 Å². The summed E-state index contributed by atoms with van der Waals surface area (Å²) in [6, 6.07) is 0. The molecule has 0 aromatic heterocycles. The molecule has 0 rings (SSSR count). The van der Waals surface area contributed by atoms with Crippen LogP contribution < -0.4 is 17.2 Å². The summed E-state index contributed by atoms with van der Waals surface area (Å²) in [6.45, 7) is 0.877. The molecule has 0 fully saturated rings. The highest BCUT2D eigenvalue weighted by atomic mass is 16.6. The summed E-state index contributed by atoms with van der Waals surface area (Å²) in [5.41, 5.74) is 14.7. The van der Waals surface area contributed by atoms with E-state index in [1.54, 1.807) is 0 Å². The van der Waals surface area contributed by atoms with E-state index in [2.05, 4.69) is 0 Å². The van der Waals surface area contributed by atoms with Crippen molar-refractivity contribution in [3.63, 3.8) is 0 Å². The molecule has 6 N–H and O–H groups in total. The van der Waals surface area contributed by atoms with Crippen molar-refractivity contribution >= 4 is 23.9 Å². The molecule has 0 atom stereocenters. The van der Waals surface area contributed by atoms with Gasteiger partial charge >= 0.3 is 23.9 Å². The fraction of sp³-hybridized carbons (Fsp3) is 0.778. The minimum atomic E-state index is -1.28. The van der Waals surface area contributed by atoms with Crippen LogP contribution in [0.25, 0.3) is 0 Å². The largest absolute Gasteiger partial charge is 0.465 e. The summed E-state index contributed by atoms with van der Waals surface area (Å²) in [4.78, 5) is 47.1. The van der Waals surface area contributed by atoms with Crippen LogP contribution in [0.5, 0.6) is 0 Å². The van der Waals surface area contributed by atoms with Crippen molar-refractivity contribution in [1.82, 2.24) is 0 Å². The normalized spacial score (nSPS) is 10.9. The molecule has 0 heterocycles. The van der Waals surface area contributed by atoms with E-state index in [9.17, 15) is 19.2 Å². The predicted molar refractivity (Wildman–Crippen MR) is 102 cm³/mol. The second-order valence-electron chi connectivity index (χ2n) is 6.51. The van der Waals surface area contributed by atoms with Crippen LogP contribution in [0.3, 0.4) is 0 Å². The fourth-order valence-electron chi connectivity index (χ4n) is 2.03. The van der Waals surface area contributed by atoms with Crippen molar-refractivity contribution in [2.24, 2.45) is 22.6 Å². The van der Waals surface area contributed by atoms with Gasteiger partial charge in [-0.1, -0.05) is 6.92 Å². The minimum Gasteiger partial charge on any atom is -0.465 e. The summed E-state index contributed by atoms with van der Waals surface area (Å²) < 4.78 is 20.8. The highest BCUT2D eigenvalue weighted by molar-refractivity contribution is 5.71. The number of carbonyl (C=O) groups is 4. The molecule has 0 bridgehead atoms. The first kappa shape index (κ1) is 26.8. The van der Waals surface area contributed by atoms with Gasteiger partial charge in [0.2, 0.25) is 0 Å². The Labute approximate surface area is 170 Å². The first-order valence-corrected chi connectivity index (χ1v) is 9.55. The number of ether oxygens (including phenoxy) is 4. The zero-order valence-corrected chi connectivity index (χ0v) is 17.0. The van der Waals surface area contributed by atoms with Crippen LogP contribution in [-0.2, 0) is 38.1 Å². The van der Waals surface area contributed by atoms with Gasteiger partial charge in [-0.05, 0) is 6.42 Å². The Balaban J connectivity index is 5.35. The number of hydrogen-bond donors (Lipinski definition) is 3. The van der Waals surface area contributed by atoms with E-state index in [1.165, 1.54) is 0 Å². The van der Waals surface area contributed by atoms with E-state index in [4.69, 9.17) is 36.1 Å². The van der Waals surface area contributed by atoms with Gasteiger partial charge in [-0.3, -0.25) is 19.2 Å². The van der Waals surface area contributed by atoms with Crippen molar-refractivity contribution in [2.75, 3.05) is 46.1 Å². The Hall–Kier alpha value is -2.24. The SMILES string of the molecule is CCCC(=O)OCC(COC(=O)CCN)(COC(=O)CCN)COC(=O)CCN. The fourth-order valence-corrected chi connectivity index (χ4v) is 2.03. The molecule has 0 aliphatic carbocycles. The van der Waals surface area contributed by atoms with E-state index in [0.29, 0.717) is 6.42 Å². The number of rotatable bonds is 16. The van der Waals surface area contributed by atoms with Gasteiger partial charge in [0.1, 0.15) is 31.8 Å². The molecule has 0 saturated carbocycles. The number of esters is 4. The Morgan fingerprint density at radius 1 is 0.586 bits per heavy atom. The van der Waals surface area contributed by atoms with Crippen molar-refractivity contribution in [2.45, 2.75) is 39.0 Å². The molecule has 0 spiro atoms. The molecule has 0 unspecified atom stereocenters. The van der Waals surface area contributed by atoms with Gasteiger partial charge in [-0.25, -0.2) is 0 Å². The van der Waals surface area contributed by atoms with E-state index in [1.807, 2.05) is 6.92 Å². The Morgan fingerprint density at radius 3 is 1.10 bits per heavy atom. The van der Waals surface area contributed by atoms with E-state index < -0.39 is 29.3 Å². The van der Waals surface area contributed by atoms with Gasteiger partial charge in [0.25, 0.3) is 0 Å². The molecular formula is C18H33N3O8. The third-order valence-corrected chi connectivity index (χ3v) is 3.66. The molecule has 168 valence electrons. The highest BCUT2D eigenvalue weighted by Gasteiger charge is 2.37. The average molecular weight is 419 g/mol. The zero-order valence-electron chi connectivity index (χ0n) is 17.0. The van der Waals surface area contributed by atoms with Crippen LogP contribution in [0.15, 0.2) is 0 Å². The number of nitrogens with two attached hydrogens (primary N) is 3. The lowest BCUT2D eigenvalue weighted by Crippen LogP contribution is -2.44. The van der Waals surface area contributed by atoms with Gasteiger partial charge in [-0.15, -0.1) is 0 Å². The molecule has 0 aliphatic rings. The van der Waals surface area contributed by atoms with Crippen LogP contribution in [0.2, 0.25) is 0 Å². The first-order chi connectivity index (χ1) is 13.8. The second-order valence-corrected chi connectivity index (χ2v) is 6.51. The standard InChI is InChI=1S/C18H33N3O8/c1-2-3-14(22)26-10-18(11-27-15(23)4-7-19,12-28-16(24)5-8-20)13-29-17(25)6-9-21/h2-13,19-21H2,1H3. The van der Waals surface area contributed by atoms with Crippen LogP contribution in [-0.4, -0.2) is 69.9 Å². The molecule has 0 radical (unpaired) electrons. The molecule has 29 heavy (non-hydrogen) atoms. The minimum absolute atomic E-state index is 0.0222. The Bertz CT molecular complexity index is 434. The Kier molecular flexibility index (Phi) is 14.4. The molecule has 0 aliphatic heterocycles. The molecule has 11 heteroatoms. The van der Waals surface area contributed by atoms with E-state index in [-0.39, 0.29) is 71.7 Å². The van der Waals surface area contributed by atoms with E-state index >= 15 is 0 Å². The maximum atomic E-state index is 11.8. The molecular weight excluding hydrogens is 386 g/mol. The maximum absolute atomic E-state index is 11.8. The molecule has 0 saturated heterocycles. The van der Waals surface area contributed by atoms with Crippen molar-refractivity contribution < 1.29 is 38.1 Å². The average Bonchev–Trinajstić information content (AvgIpc) is 2.68. The van der Waals surface area contributed by atoms with Gasteiger partial charge in [0, 0.05) is 26.1 Å². The van der Waals surface area contributed by atoms with Crippen molar-refractivity contribution in [3.8, 4) is 0 Å². The quantitative estimate of drug-likeness (QED) is 0.206. The van der Waals surface area contributed by atoms with Gasteiger partial charge in [0.15, 0.2) is 0 Å². The van der Waals surface area contributed by atoms with Crippen LogP contribution in [0, 0.1) is 5.41 Å². The van der Waals surface area contributed by atoms with Gasteiger partial charge in [-0.2, -0.15) is 0 Å². The predicted octanol–water partition coefficient (Wildman–Crippen LogP) is -1.01. The summed E-state index contributed by atoms with van der Waals surface area (Å²) in [5, 5.41) is 0. The molecule has 0 amide bonds. The summed E-state index contributed by atoms with van der Waals surface area (Å²) in [7, 11) is 0. The summed E-state index contributed by atoms with van der Waals surface area (Å²) in [5.74, 6) is -2.23. The maximum Gasteiger partial charge on any atom is 0.307 e.